The molecule has 1 aliphatic heterocycles. The summed E-state index contributed by atoms with van der Waals surface area (Å²) in [5.41, 5.74) is 0. The van der Waals surface area contributed by atoms with Gasteiger partial charge in [0.05, 0.1) is 6.04 Å². The van der Waals surface area contributed by atoms with Crippen LogP contribution in [-0.2, 0) is 4.74 Å². The lowest BCUT2D eigenvalue weighted by atomic mass is 10.4. The Morgan fingerprint density at radius 2 is 2.62 bits per heavy atom. The number of rotatable bonds is 1. The molecule has 1 aliphatic rings. The number of aliphatic imine (C=N–C) groups is 1. The average Bonchev–Trinajstić information content (AvgIpc) is 2.14. The lowest BCUT2D eigenvalue weighted by Crippen LogP contribution is -1.98. The van der Waals surface area contributed by atoms with Gasteiger partial charge in [0.2, 0.25) is 0 Å². The van der Waals surface area contributed by atoms with Gasteiger partial charge in [0.25, 0.3) is 0 Å². The van der Waals surface area contributed by atoms with E-state index in [1.807, 2.05) is 0 Å². The lowest BCUT2D eigenvalue weighted by Gasteiger charge is -1.93. The summed E-state index contributed by atoms with van der Waals surface area (Å²) in [6.45, 7) is 4.89. The summed E-state index contributed by atoms with van der Waals surface area (Å²) in [7, 11) is 0. The largest absolute Gasteiger partial charge is 0.479 e. The monoisotopic (exact) mass is 113 g/mol. The van der Waals surface area contributed by atoms with E-state index in [4.69, 9.17) is 4.74 Å². The first-order chi connectivity index (χ1) is 3.83. The van der Waals surface area contributed by atoms with Crippen LogP contribution < -0.4 is 0 Å². The van der Waals surface area contributed by atoms with Crippen molar-refractivity contribution in [2.75, 3.05) is 6.61 Å². The minimum atomic E-state index is 0.393. The molecule has 1 rings (SSSR count). The molecular weight excluding hydrogens is 102 g/mol. The van der Waals surface area contributed by atoms with Crippen LogP contribution in [0.5, 0.6) is 0 Å². The Hall–Kier alpha value is -0.530. The Bertz CT molecular complexity index is 109. The van der Waals surface area contributed by atoms with E-state index in [1.165, 1.54) is 0 Å². The highest BCUT2D eigenvalue weighted by atomic mass is 16.5. The van der Waals surface area contributed by atoms with Gasteiger partial charge >= 0.3 is 0 Å². The van der Waals surface area contributed by atoms with Gasteiger partial charge in [-0.1, -0.05) is 6.92 Å². The highest BCUT2D eigenvalue weighted by molar-refractivity contribution is 5.77. The molecule has 0 amide bonds. The third-order valence-electron chi connectivity index (χ3n) is 1.16. The van der Waals surface area contributed by atoms with Crippen LogP contribution >= 0.6 is 0 Å². The third-order valence-corrected chi connectivity index (χ3v) is 1.16. The second kappa shape index (κ2) is 2.16. The smallest absolute Gasteiger partial charge is 0.183 e. The second-order valence-electron chi connectivity index (χ2n) is 2.04. The zero-order valence-electron chi connectivity index (χ0n) is 5.35. The molecule has 0 aromatic heterocycles. The fourth-order valence-electron chi connectivity index (χ4n) is 0.730. The van der Waals surface area contributed by atoms with Crippen LogP contribution in [0.25, 0.3) is 0 Å². The van der Waals surface area contributed by atoms with E-state index >= 15 is 0 Å². The van der Waals surface area contributed by atoms with Gasteiger partial charge in [0.1, 0.15) is 6.61 Å². The molecule has 1 atom stereocenters. The molecule has 0 saturated heterocycles. The van der Waals surface area contributed by atoms with Crippen LogP contribution in [0.3, 0.4) is 0 Å². The first-order valence-corrected chi connectivity index (χ1v) is 3.02. The average molecular weight is 113 g/mol. The third kappa shape index (κ3) is 0.997. The SMILES string of the molecule is CCC1=NC(C)CO1. The van der Waals surface area contributed by atoms with Gasteiger partial charge in [-0.2, -0.15) is 0 Å². The maximum absolute atomic E-state index is 5.16. The van der Waals surface area contributed by atoms with Crippen LogP contribution in [0.4, 0.5) is 0 Å². The molecule has 0 radical (unpaired) electrons. The minimum absolute atomic E-state index is 0.393. The fraction of sp³-hybridized carbons (Fsp3) is 0.833. The maximum atomic E-state index is 5.16. The second-order valence-corrected chi connectivity index (χ2v) is 2.04. The summed E-state index contributed by atoms with van der Waals surface area (Å²) in [6.07, 6.45) is 0.935. The van der Waals surface area contributed by atoms with E-state index in [0.29, 0.717) is 6.04 Å². The van der Waals surface area contributed by atoms with Gasteiger partial charge in [-0.25, -0.2) is 4.99 Å². The summed E-state index contributed by atoms with van der Waals surface area (Å²) >= 11 is 0. The van der Waals surface area contributed by atoms with E-state index in [0.717, 1.165) is 18.9 Å². The van der Waals surface area contributed by atoms with E-state index in [2.05, 4.69) is 18.8 Å². The van der Waals surface area contributed by atoms with Crippen molar-refractivity contribution in [2.45, 2.75) is 26.3 Å². The van der Waals surface area contributed by atoms with E-state index in [9.17, 15) is 0 Å². The van der Waals surface area contributed by atoms with Crippen molar-refractivity contribution in [1.82, 2.24) is 0 Å². The molecule has 8 heavy (non-hydrogen) atoms. The first kappa shape index (κ1) is 5.60. The highest BCUT2D eigenvalue weighted by Gasteiger charge is 2.10. The zero-order valence-corrected chi connectivity index (χ0v) is 5.35. The van der Waals surface area contributed by atoms with Crippen molar-refractivity contribution in [3.05, 3.63) is 0 Å². The van der Waals surface area contributed by atoms with E-state index < -0.39 is 0 Å². The van der Waals surface area contributed by atoms with Crippen LogP contribution in [0.15, 0.2) is 4.99 Å². The molecule has 0 fully saturated rings. The number of nitrogens with zero attached hydrogens (tertiary/aromatic N) is 1. The summed E-state index contributed by atoms with van der Waals surface area (Å²) in [5.74, 6) is 0.914. The van der Waals surface area contributed by atoms with Crippen molar-refractivity contribution in [2.24, 2.45) is 4.99 Å². The van der Waals surface area contributed by atoms with Gasteiger partial charge in [0.15, 0.2) is 5.90 Å². The number of ether oxygens (including phenoxy) is 1. The Balaban J connectivity index is 2.44. The Kier molecular flexibility index (Phi) is 1.51. The van der Waals surface area contributed by atoms with Crippen molar-refractivity contribution >= 4 is 5.90 Å². The van der Waals surface area contributed by atoms with Crippen LogP contribution in [-0.4, -0.2) is 18.5 Å². The van der Waals surface area contributed by atoms with Crippen molar-refractivity contribution in [3.8, 4) is 0 Å². The summed E-state index contributed by atoms with van der Waals surface area (Å²) in [6, 6.07) is 0.393. The standard InChI is InChI=1S/C6H11NO/c1-3-6-7-5(2)4-8-6/h5H,3-4H2,1-2H3. The zero-order chi connectivity index (χ0) is 5.98. The van der Waals surface area contributed by atoms with Crippen LogP contribution in [0, 0.1) is 0 Å². The van der Waals surface area contributed by atoms with E-state index in [-0.39, 0.29) is 0 Å². The van der Waals surface area contributed by atoms with Gasteiger partial charge in [-0.3, -0.25) is 0 Å². The highest BCUT2D eigenvalue weighted by Crippen LogP contribution is 2.04. The van der Waals surface area contributed by atoms with Gasteiger partial charge in [-0.05, 0) is 6.92 Å². The summed E-state index contributed by atoms with van der Waals surface area (Å²) in [5, 5.41) is 0. The molecule has 0 bridgehead atoms. The molecule has 0 aliphatic carbocycles. The molecule has 0 saturated carbocycles. The molecule has 1 heterocycles. The summed E-state index contributed by atoms with van der Waals surface area (Å²) in [4.78, 5) is 4.20. The van der Waals surface area contributed by atoms with Gasteiger partial charge < -0.3 is 4.74 Å². The molecule has 2 heteroatoms. The first-order valence-electron chi connectivity index (χ1n) is 3.02. The molecule has 0 aromatic rings. The maximum Gasteiger partial charge on any atom is 0.183 e. The topological polar surface area (TPSA) is 21.6 Å². The predicted molar refractivity (Wildman–Crippen MR) is 33.1 cm³/mol. The normalized spacial score (nSPS) is 27.2. The molecular formula is C6H11NO. The van der Waals surface area contributed by atoms with Crippen molar-refractivity contribution < 1.29 is 4.74 Å². The summed E-state index contributed by atoms with van der Waals surface area (Å²) < 4.78 is 5.16. The van der Waals surface area contributed by atoms with Crippen LogP contribution in [0.2, 0.25) is 0 Å². The Morgan fingerprint density at radius 1 is 1.88 bits per heavy atom. The van der Waals surface area contributed by atoms with Crippen LogP contribution in [0.1, 0.15) is 20.3 Å². The molecule has 0 aromatic carbocycles. The van der Waals surface area contributed by atoms with Gasteiger partial charge in [0, 0.05) is 6.42 Å². The predicted octanol–water partition coefficient (Wildman–Crippen LogP) is 1.21. The molecule has 0 N–H and O–H groups in total. The molecule has 2 nitrogen and oxygen atoms in total. The molecule has 0 spiro atoms. The Labute approximate surface area is 49.6 Å². The van der Waals surface area contributed by atoms with Crippen molar-refractivity contribution in [3.63, 3.8) is 0 Å². The minimum Gasteiger partial charge on any atom is -0.479 e. The lowest BCUT2D eigenvalue weighted by molar-refractivity contribution is 0.317. The van der Waals surface area contributed by atoms with Gasteiger partial charge in [-0.15, -0.1) is 0 Å². The fourth-order valence-corrected chi connectivity index (χ4v) is 0.730. The molecule has 1 unspecified atom stereocenters. The number of hydrogen-bond donors (Lipinski definition) is 0. The quantitative estimate of drug-likeness (QED) is 0.501. The molecule has 46 valence electrons. The van der Waals surface area contributed by atoms with E-state index in [1.54, 1.807) is 0 Å². The van der Waals surface area contributed by atoms with Crippen molar-refractivity contribution in [1.29, 1.82) is 0 Å². The number of hydrogen-bond acceptors (Lipinski definition) is 2. The Morgan fingerprint density at radius 3 is 2.88 bits per heavy atom.